The fraction of sp³-hybridized carbons (Fsp3) is 0.105. The van der Waals surface area contributed by atoms with Gasteiger partial charge in [-0.3, -0.25) is 9.78 Å². The Morgan fingerprint density at radius 3 is 2.93 bits per heavy atom. The second-order valence-electron chi connectivity index (χ2n) is 5.90. The number of carbonyl (C=O) groups excluding carboxylic acids is 1. The number of amides is 1. The molecule has 0 saturated carbocycles. The van der Waals surface area contributed by atoms with Crippen molar-refractivity contribution >= 4 is 68.2 Å². The molecule has 2 aromatic heterocycles. The average Bonchev–Trinajstić information content (AvgIpc) is 3.26. The minimum absolute atomic E-state index is 0.132. The Balaban J connectivity index is 1.63. The molecule has 4 rings (SSSR count). The number of pyridine rings is 1. The molecule has 0 radical (unpaired) electrons. The van der Waals surface area contributed by atoms with Crippen LogP contribution in [-0.2, 0) is 4.79 Å². The number of benzene rings is 1. The van der Waals surface area contributed by atoms with Crippen LogP contribution in [0.3, 0.4) is 0 Å². The number of nitrogens with two attached hydrogens (primary N) is 1. The normalized spacial score (nSPS) is 15.5. The number of rotatable bonds is 5. The molecule has 136 valence electrons. The topological polar surface area (TPSA) is 80.0 Å². The molecular formula is C19H16N4OS3. The van der Waals surface area contributed by atoms with Crippen LogP contribution in [0.2, 0.25) is 0 Å². The van der Waals surface area contributed by atoms with Crippen molar-refractivity contribution in [1.29, 1.82) is 0 Å². The van der Waals surface area contributed by atoms with Crippen LogP contribution < -0.4 is 16.4 Å². The van der Waals surface area contributed by atoms with Gasteiger partial charge in [0.15, 0.2) is 0 Å². The molecule has 0 atom stereocenters. The standard InChI is InChI=1S/C19H16N4OS3/c20-4-6-22-15-3-5-21-16-8-11(1-2-14(15)16)12-7-13(26-10-12)9-17-18(24)23-19(25)27-17/h1-3,5,7-10H,4,6,20H2,(H,21,22)(H,23,24,25)/b17-9-. The lowest BCUT2D eigenvalue weighted by atomic mass is 10.1. The molecule has 0 unspecified atom stereocenters. The fourth-order valence-electron chi connectivity index (χ4n) is 2.82. The lowest BCUT2D eigenvalue weighted by molar-refractivity contribution is -0.115. The maximum atomic E-state index is 11.8. The first-order valence-electron chi connectivity index (χ1n) is 8.30. The summed E-state index contributed by atoms with van der Waals surface area (Å²) >= 11 is 7.92. The summed E-state index contributed by atoms with van der Waals surface area (Å²) in [6.45, 7) is 1.30. The maximum Gasteiger partial charge on any atom is 0.263 e. The van der Waals surface area contributed by atoms with Gasteiger partial charge in [-0.2, -0.15) is 0 Å². The summed E-state index contributed by atoms with van der Waals surface area (Å²) in [7, 11) is 0. The van der Waals surface area contributed by atoms with Crippen LogP contribution in [0.5, 0.6) is 0 Å². The molecule has 0 bridgehead atoms. The van der Waals surface area contributed by atoms with E-state index in [0.29, 0.717) is 15.8 Å². The summed E-state index contributed by atoms with van der Waals surface area (Å²) in [5, 5.41) is 9.12. The Labute approximate surface area is 170 Å². The van der Waals surface area contributed by atoms with Gasteiger partial charge in [-0.1, -0.05) is 36.1 Å². The number of hydrogen-bond acceptors (Lipinski definition) is 7. The van der Waals surface area contributed by atoms with Crippen molar-refractivity contribution in [3.63, 3.8) is 0 Å². The monoisotopic (exact) mass is 412 g/mol. The summed E-state index contributed by atoms with van der Waals surface area (Å²) < 4.78 is 0.502. The Hall–Kier alpha value is -2.26. The van der Waals surface area contributed by atoms with Gasteiger partial charge in [0.1, 0.15) is 4.32 Å². The molecule has 4 N–H and O–H groups in total. The quantitative estimate of drug-likeness (QED) is 0.437. The van der Waals surface area contributed by atoms with Crippen molar-refractivity contribution in [3.05, 3.63) is 51.7 Å². The van der Waals surface area contributed by atoms with Crippen LogP contribution in [0.15, 0.2) is 46.8 Å². The smallest absolute Gasteiger partial charge is 0.263 e. The average molecular weight is 413 g/mol. The largest absolute Gasteiger partial charge is 0.383 e. The number of carbonyl (C=O) groups is 1. The highest BCUT2D eigenvalue weighted by Crippen LogP contribution is 2.33. The third-order valence-corrected chi connectivity index (χ3v) is 6.11. The molecule has 1 saturated heterocycles. The summed E-state index contributed by atoms with van der Waals surface area (Å²) in [6.07, 6.45) is 3.68. The SMILES string of the molecule is NCCNc1ccnc2cc(-c3csc(/C=C4\SC(=S)NC4=O)c3)ccc12. The number of aromatic nitrogens is 1. The highest BCUT2D eigenvalue weighted by atomic mass is 32.2. The molecule has 27 heavy (non-hydrogen) atoms. The van der Waals surface area contributed by atoms with E-state index in [1.807, 2.05) is 12.1 Å². The van der Waals surface area contributed by atoms with Gasteiger partial charge in [-0.15, -0.1) is 11.3 Å². The van der Waals surface area contributed by atoms with Crippen LogP contribution >= 0.6 is 35.3 Å². The summed E-state index contributed by atoms with van der Waals surface area (Å²) in [5.41, 5.74) is 9.73. The van der Waals surface area contributed by atoms with E-state index >= 15 is 0 Å². The van der Waals surface area contributed by atoms with Gasteiger partial charge < -0.3 is 16.4 Å². The number of nitrogens with zero attached hydrogens (tertiary/aromatic N) is 1. The Bertz CT molecular complexity index is 1070. The Kier molecular flexibility index (Phi) is 5.22. The zero-order valence-corrected chi connectivity index (χ0v) is 16.6. The van der Waals surface area contributed by atoms with E-state index in [9.17, 15) is 4.79 Å². The predicted molar refractivity (Wildman–Crippen MR) is 119 cm³/mol. The summed E-state index contributed by atoms with van der Waals surface area (Å²) in [5.74, 6) is -0.132. The summed E-state index contributed by atoms with van der Waals surface area (Å²) in [6, 6.07) is 10.3. The number of hydrogen-bond donors (Lipinski definition) is 3. The van der Waals surface area contributed by atoms with Gasteiger partial charge in [-0.25, -0.2) is 0 Å². The first-order valence-corrected chi connectivity index (χ1v) is 10.4. The predicted octanol–water partition coefficient (Wildman–Crippen LogP) is 3.82. The second-order valence-corrected chi connectivity index (χ2v) is 8.56. The van der Waals surface area contributed by atoms with Crippen LogP contribution in [0.4, 0.5) is 5.69 Å². The molecule has 8 heteroatoms. The molecule has 0 spiro atoms. The Morgan fingerprint density at radius 2 is 2.15 bits per heavy atom. The molecule has 1 aliphatic heterocycles. The van der Waals surface area contributed by atoms with E-state index in [1.165, 1.54) is 11.8 Å². The molecule has 3 aromatic rings. The van der Waals surface area contributed by atoms with Crippen molar-refractivity contribution in [2.75, 3.05) is 18.4 Å². The number of thiophene rings is 1. The molecule has 0 aliphatic carbocycles. The first-order chi connectivity index (χ1) is 13.1. The van der Waals surface area contributed by atoms with E-state index in [2.05, 4.69) is 45.3 Å². The minimum Gasteiger partial charge on any atom is -0.383 e. The molecule has 1 aliphatic rings. The molecule has 5 nitrogen and oxygen atoms in total. The number of nitrogens with one attached hydrogen (secondary N) is 2. The van der Waals surface area contributed by atoms with Gasteiger partial charge in [0.05, 0.1) is 10.4 Å². The minimum atomic E-state index is -0.132. The number of thioether (sulfide) groups is 1. The van der Waals surface area contributed by atoms with Crippen LogP contribution in [0.1, 0.15) is 4.88 Å². The van der Waals surface area contributed by atoms with Gasteiger partial charge in [0, 0.05) is 35.2 Å². The van der Waals surface area contributed by atoms with E-state index < -0.39 is 0 Å². The van der Waals surface area contributed by atoms with Crippen molar-refractivity contribution in [1.82, 2.24) is 10.3 Å². The lowest BCUT2D eigenvalue weighted by Crippen LogP contribution is -2.17. The molecular weight excluding hydrogens is 396 g/mol. The number of anilines is 1. The maximum absolute atomic E-state index is 11.8. The van der Waals surface area contributed by atoms with E-state index in [4.69, 9.17) is 18.0 Å². The van der Waals surface area contributed by atoms with Crippen molar-refractivity contribution < 1.29 is 4.79 Å². The number of fused-ring (bicyclic) bond motifs is 1. The van der Waals surface area contributed by atoms with Crippen LogP contribution in [0.25, 0.3) is 28.1 Å². The fourth-order valence-corrected chi connectivity index (χ4v) is 4.78. The van der Waals surface area contributed by atoms with E-state index in [1.54, 1.807) is 17.5 Å². The van der Waals surface area contributed by atoms with E-state index in [-0.39, 0.29) is 5.91 Å². The number of thiocarbonyl (C=S) groups is 1. The zero-order valence-electron chi connectivity index (χ0n) is 14.2. The van der Waals surface area contributed by atoms with Crippen LogP contribution in [-0.4, -0.2) is 28.3 Å². The molecule has 3 heterocycles. The van der Waals surface area contributed by atoms with Gasteiger partial charge in [0.25, 0.3) is 5.91 Å². The highest BCUT2D eigenvalue weighted by Gasteiger charge is 2.22. The van der Waals surface area contributed by atoms with Crippen molar-refractivity contribution in [2.24, 2.45) is 5.73 Å². The first kappa shape index (κ1) is 18.1. The zero-order chi connectivity index (χ0) is 18.8. The van der Waals surface area contributed by atoms with Crippen molar-refractivity contribution in [3.8, 4) is 11.1 Å². The molecule has 1 fully saturated rings. The lowest BCUT2D eigenvalue weighted by Gasteiger charge is -2.09. The highest BCUT2D eigenvalue weighted by molar-refractivity contribution is 8.26. The van der Waals surface area contributed by atoms with Crippen LogP contribution in [0, 0.1) is 0 Å². The van der Waals surface area contributed by atoms with Gasteiger partial charge >= 0.3 is 0 Å². The van der Waals surface area contributed by atoms with E-state index in [0.717, 1.165) is 39.1 Å². The second kappa shape index (κ2) is 7.77. The van der Waals surface area contributed by atoms with Gasteiger partial charge in [-0.05, 0) is 40.8 Å². The Morgan fingerprint density at radius 1 is 1.26 bits per heavy atom. The summed E-state index contributed by atoms with van der Waals surface area (Å²) in [4.78, 5) is 17.9. The molecule has 1 aromatic carbocycles. The third-order valence-electron chi connectivity index (χ3n) is 4.07. The van der Waals surface area contributed by atoms with Gasteiger partial charge in [0.2, 0.25) is 0 Å². The third kappa shape index (κ3) is 3.89. The van der Waals surface area contributed by atoms with Crippen molar-refractivity contribution in [2.45, 2.75) is 0 Å². The molecule has 1 amide bonds.